The van der Waals surface area contributed by atoms with Gasteiger partial charge in [0.05, 0.1) is 24.6 Å². The molecule has 4 nitrogen and oxygen atoms in total. The molecular formula is C10H8BrNO3. The molecule has 15 heavy (non-hydrogen) atoms. The van der Waals surface area contributed by atoms with Crippen LogP contribution in [0.5, 0.6) is 0 Å². The van der Waals surface area contributed by atoms with Gasteiger partial charge in [0.25, 0.3) is 0 Å². The van der Waals surface area contributed by atoms with Crippen molar-refractivity contribution in [2.75, 3.05) is 0 Å². The zero-order valence-electron chi connectivity index (χ0n) is 7.77. The number of imide groups is 1. The second-order valence-corrected chi connectivity index (χ2v) is 4.75. The maximum atomic E-state index is 11.6. The number of carbonyl (C=O) groups excluding carboxylic acids is 2. The average molecular weight is 270 g/mol. The van der Waals surface area contributed by atoms with Crippen molar-refractivity contribution in [3.63, 3.8) is 0 Å². The Kier molecular flexibility index (Phi) is 1.80. The van der Waals surface area contributed by atoms with E-state index in [1.807, 2.05) is 0 Å². The van der Waals surface area contributed by atoms with Crippen LogP contribution in [0.3, 0.4) is 0 Å². The molecule has 78 valence electrons. The summed E-state index contributed by atoms with van der Waals surface area (Å²) >= 11 is 3.18. The molecule has 2 amide bonds. The van der Waals surface area contributed by atoms with E-state index in [4.69, 9.17) is 4.42 Å². The lowest BCUT2D eigenvalue weighted by atomic mass is 10.3. The van der Waals surface area contributed by atoms with Gasteiger partial charge in [0.1, 0.15) is 0 Å². The van der Waals surface area contributed by atoms with Gasteiger partial charge in [-0.2, -0.15) is 0 Å². The lowest BCUT2D eigenvalue weighted by molar-refractivity contribution is -0.142. The molecule has 0 aromatic carbocycles. The van der Waals surface area contributed by atoms with Gasteiger partial charge in [-0.25, -0.2) is 0 Å². The summed E-state index contributed by atoms with van der Waals surface area (Å²) < 4.78 is 5.66. The Hall–Kier alpha value is -1.10. The lowest BCUT2D eigenvalue weighted by Crippen LogP contribution is -2.32. The Morgan fingerprint density at radius 3 is 2.60 bits per heavy atom. The van der Waals surface area contributed by atoms with E-state index >= 15 is 0 Å². The second-order valence-electron chi connectivity index (χ2n) is 3.97. The summed E-state index contributed by atoms with van der Waals surface area (Å²) in [6, 6.07) is 1.77. The number of nitrogens with zero attached hydrogens (tertiary/aromatic N) is 1. The molecule has 1 aromatic heterocycles. The van der Waals surface area contributed by atoms with Gasteiger partial charge in [0, 0.05) is 5.56 Å². The third-order valence-electron chi connectivity index (χ3n) is 2.92. The first-order valence-corrected chi connectivity index (χ1v) is 5.54. The molecule has 2 fully saturated rings. The van der Waals surface area contributed by atoms with Crippen LogP contribution in [0.15, 0.2) is 21.4 Å². The first-order valence-electron chi connectivity index (χ1n) is 4.75. The molecule has 0 spiro atoms. The standard InChI is InChI=1S/C10H8BrNO3/c11-8-1-5(4-15-8)3-12-9(13)6-2-7(6)10(12)14/h1,4,6-7H,2-3H2. The average Bonchev–Trinajstić information content (AvgIpc) is 2.85. The van der Waals surface area contributed by atoms with Crippen LogP contribution in [-0.4, -0.2) is 16.7 Å². The van der Waals surface area contributed by atoms with Gasteiger partial charge >= 0.3 is 0 Å². The van der Waals surface area contributed by atoms with Gasteiger partial charge in [0.2, 0.25) is 11.8 Å². The molecule has 1 aromatic rings. The van der Waals surface area contributed by atoms with Crippen LogP contribution in [0.2, 0.25) is 0 Å². The van der Waals surface area contributed by atoms with Crippen LogP contribution in [0.25, 0.3) is 0 Å². The molecule has 2 unspecified atom stereocenters. The van der Waals surface area contributed by atoms with Crippen LogP contribution in [0.1, 0.15) is 12.0 Å². The number of halogens is 1. The van der Waals surface area contributed by atoms with Crippen LogP contribution < -0.4 is 0 Å². The summed E-state index contributed by atoms with van der Waals surface area (Å²) in [6.45, 7) is 0.333. The molecule has 2 aliphatic rings. The van der Waals surface area contributed by atoms with E-state index in [0.717, 1.165) is 12.0 Å². The Labute approximate surface area is 94.4 Å². The lowest BCUT2D eigenvalue weighted by Gasteiger charge is -2.14. The molecule has 0 radical (unpaired) electrons. The fourth-order valence-corrected chi connectivity index (χ4v) is 2.40. The summed E-state index contributed by atoms with van der Waals surface area (Å²) in [5.74, 6) is -0.0923. The maximum Gasteiger partial charge on any atom is 0.233 e. The third-order valence-corrected chi connectivity index (χ3v) is 3.34. The zero-order valence-corrected chi connectivity index (χ0v) is 9.36. The minimum atomic E-state index is -0.0256. The molecular weight excluding hydrogens is 262 g/mol. The first kappa shape index (κ1) is 9.15. The van der Waals surface area contributed by atoms with Crippen LogP contribution in [0, 0.1) is 11.8 Å². The molecule has 5 heteroatoms. The van der Waals surface area contributed by atoms with E-state index in [2.05, 4.69) is 15.9 Å². The number of rotatable bonds is 2. The van der Waals surface area contributed by atoms with Crippen molar-refractivity contribution in [2.45, 2.75) is 13.0 Å². The van der Waals surface area contributed by atoms with Gasteiger partial charge in [0.15, 0.2) is 4.67 Å². The monoisotopic (exact) mass is 269 g/mol. The van der Waals surface area contributed by atoms with Crippen LogP contribution in [0.4, 0.5) is 0 Å². The minimum absolute atomic E-state index is 0.0205. The van der Waals surface area contributed by atoms with E-state index in [9.17, 15) is 9.59 Å². The molecule has 1 aliphatic carbocycles. The summed E-state index contributed by atoms with van der Waals surface area (Å²) in [6.07, 6.45) is 2.30. The minimum Gasteiger partial charge on any atom is -0.457 e. The van der Waals surface area contributed by atoms with Crippen molar-refractivity contribution >= 4 is 27.7 Å². The molecule has 2 heterocycles. The summed E-state index contributed by atoms with van der Waals surface area (Å²) in [4.78, 5) is 24.6. The van der Waals surface area contributed by atoms with Gasteiger partial charge in [-0.1, -0.05) is 0 Å². The molecule has 1 aliphatic heterocycles. The molecule has 0 N–H and O–H groups in total. The van der Waals surface area contributed by atoms with Gasteiger partial charge in [-0.15, -0.1) is 0 Å². The van der Waals surface area contributed by atoms with Crippen molar-refractivity contribution in [3.05, 3.63) is 22.6 Å². The van der Waals surface area contributed by atoms with E-state index in [1.54, 1.807) is 12.3 Å². The molecule has 0 bridgehead atoms. The molecule has 2 atom stereocenters. The van der Waals surface area contributed by atoms with Crippen molar-refractivity contribution in [3.8, 4) is 0 Å². The van der Waals surface area contributed by atoms with Gasteiger partial charge in [-0.05, 0) is 28.4 Å². The number of carbonyl (C=O) groups is 2. The Morgan fingerprint density at radius 1 is 1.40 bits per heavy atom. The summed E-state index contributed by atoms with van der Waals surface area (Å²) in [5, 5.41) is 0. The number of amides is 2. The second kappa shape index (κ2) is 2.95. The van der Waals surface area contributed by atoms with Crippen molar-refractivity contribution in [1.82, 2.24) is 4.90 Å². The third kappa shape index (κ3) is 1.33. The number of hydrogen-bond acceptors (Lipinski definition) is 3. The highest BCUT2D eigenvalue weighted by molar-refractivity contribution is 9.10. The van der Waals surface area contributed by atoms with E-state index < -0.39 is 0 Å². The fourth-order valence-electron chi connectivity index (χ4n) is 2.02. The van der Waals surface area contributed by atoms with Crippen LogP contribution >= 0.6 is 15.9 Å². The Bertz CT molecular complexity index is 433. The first-order chi connectivity index (χ1) is 7.16. The number of hydrogen-bond donors (Lipinski definition) is 0. The van der Waals surface area contributed by atoms with Gasteiger partial charge in [-0.3, -0.25) is 14.5 Å². The van der Waals surface area contributed by atoms with E-state index in [0.29, 0.717) is 11.2 Å². The summed E-state index contributed by atoms with van der Waals surface area (Å²) in [7, 11) is 0. The number of furan rings is 1. The molecule has 1 saturated carbocycles. The predicted molar refractivity (Wildman–Crippen MR) is 53.6 cm³/mol. The molecule has 1 saturated heterocycles. The zero-order chi connectivity index (χ0) is 10.6. The number of piperidine rings is 1. The fraction of sp³-hybridized carbons (Fsp3) is 0.400. The maximum absolute atomic E-state index is 11.6. The van der Waals surface area contributed by atoms with Crippen LogP contribution in [-0.2, 0) is 16.1 Å². The number of fused-ring (bicyclic) bond motifs is 1. The summed E-state index contributed by atoms with van der Waals surface area (Å²) in [5.41, 5.74) is 0.838. The highest BCUT2D eigenvalue weighted by atomic mass is 79.9. The smallest absolute Gasteiger partial charge is 0.233 e. The number of likely N-dealkylation sites (tertiary alicyclic amines) is 1. The van der Waals surface area contributed by atoms with Crippen molar-refractivity contribution in [1.29, 1.82) is 0 Å². The molecule has 3 rings (SSSR count). The highest BCUT2D eigenvalue weighted by Gasteiger charge is 2.58. The van der Waals surface area contributed by atoms with Gasteiger partial charge < -0.3 is 4.42 Å². The topological polar surface area (TPSA) is 50.5 Å². The van der Waals surface area contributed by atoms with Crippen molar-refractivity contribution < 1.29 is 14.0 Å². The quantitative estimate of drug-likeness (QED) is 0.766. The normalized spacial score (nSPS) is 28.5. The van der Waals surface area contributed by atoms with Crippen molar-refractivity contribution in [2.24, 2.45) is 11.8 Å². The largest absolute Gasteiger partial charge is 0.457 e. The SMILES string of the molecule is O=C1C2CC2C(=O)N1Cc1coc(Br)c1. The highest BCUT2D eigenvalue weighted by Crippen LogP contribution is 2.47. The predicted octanol–water partition coefficient (Wildman–Crippen LogP) is 1.55. The Balaban J connectivity index is 1.79. The Morgan fingerprint density at radius 2 is 2.07 bits per heavy atom. The van der Waals surface area contributed by atoms with E-state index in [1.165, 1.54) is 4.90 Å². The van der Waals surface area contributed by atoms with E-state index in [-0.39, 0.29) is 23.7 Å².